The van der Waals surface area contributed by atoms with Gasteiger partial charge in [0, 0.05) is 25.5 Å². The van der Waals surface area contributed by atoms with Gasteiger partial charge < -0.3 is 14.8 Å². The van der Waals surface area contributed by atoms with Gasteiger partial charge in [0.25, 0.3) is 0 Å². The van der Waals surface area contributed by atoms with E-state index in [0.29, 0.717) is 35.5 Å². The lowest BCUT2D eigenvalue weighted by molar-refractivity contribution is 0.0735. The zero-order valence-corrected chi connectivity index (χ0v) is 16.6. The molecule has 1 aliphatic heterocycles. The number of benzene rings is 1. The third-order valence-electron chi connectivity index (χ3n) is 6.29. The van der Waals surface area contributed by atoms with E-state index < -0.39 is 6.10 Å². The van der Waals surface area contributed by atoms with Gasteiger partial charge in [-0.2, -0.15) is 0 Å². The molecule has 156 valence electrons. The number of aromatic nitrogens is 2. The Morgan fingerprint density at radius 1 is 1.10 bits per heavy atom. The Balaban J connectivity index is 1.22. The van der Waals surface area contributed by atoms with Crippen LogP contribution in [0.15, 0.2) is 59.4 Å². The van der Waals surface area contributed by atoms with Gasteiger partial charge in [0.15, 0.2) is 0 Å². The summed E-state index contributed by atoms with van der Waals surface area (Å²) in [6, 6.07) is 10.4. The molecule has 1 saturated carbocycles. The lowest BCUT2D eigenvalue weighted by Gasteiger charge is -2.35. The molecule has 2 fully saturated rings. The molecule has 0 unspecified atom stereocenters. The van der Waals surface area contributed by atoms with Crippen LogP contribution in [0.1, 0.15) is 18.6 Å². The van der Waals surface area contributed by atoms with Crippen molar-refractivity contribution in [2.75, 3.05) is 18.4 Å². The molecule has 30 heavy (non-hydrogen) atoms. The summed E-state index contributed by atoms with van der Waals surface area (Å²) in [5.74, 6) is 2.81. The minimum absolute atomic E-state index is 0.0147. The Kier molecular flexibility index (Phi) is 5.23. The summed E-state index contributed by atoms with van der Waals surface area (Å²) < 4.78 is 19.9. The van der Waals surface area contributed by atoms with E-state index in [4.69, 9.17) is 4.42 Å². The molecule has 3 aromatic rings. The molecule has 1 aromatic carbocycles. The van der Waals surface area contributed by atoms with Gasteiger partial charge in [0.1, 0.15) is 23.2 Å². The first-order chi connectivity index (χ1) is 14.7. The van der Waals surface area contributed by atoms with Crippen LogP contribution in [0.5, 0.6) is 0 Å². The van der Waals surface area contributed by atoms with E-state index in [-0.39, 0.29) is 11.9 Å². The highest BCUT2D eigenvalue weighted by atomic mass is 19.1. The topological polar surface area (TPSA) is 74.4 Å². The van der Waals surface area contributed by atoms with Crippen molar-refractivity contribution in [1.82, 2.24) is 14.9 Å². The molecule has 2 N–H and O–H groups in total. The molecule has 0 radical (unpaired) electrons. The molecule has 0 amide bonds. The summed E-state index contributed by atoms with van der Waals surface area (Å²) in [5, 5.41) is 14.0. The van der Waals surface area contributed by atoms with Gasteiger partial charge in [-0.15, -0.1) is 0 Å². The van der Waals surface area contributed by atoms with Crippen LogP contribution >= 0.6 is 0 Å². The third-order valence-corrected chi connectivity index (χ3v) is 6.29. The summed E-state index contributed by atoms with van der Waals surface area (Å²) >= 11 is 0. The Labute approximate surface area is 174 Å². The van der Waals surface area contributed by atoms with Crippen LogP contribution in [0.2, 0.25) is 0 Å². The van der Waals surface area contributed by atoms with Crippen molar-refractivity contribution >= 4 is 5.82 Å². The van der Waals surface area contributed by atoms with E-state index >= 15 is 0 Å². The number of halogens is 1. The largest absolute Gasteiger partial charge is 0.460 e. The van der Waals surface area contributed by atoms with E-state index in [9.17, 15) is 9.50 Å². The standard InChI is InChI=1S/C23H25FN4O2/c24-19-4-2-1-3-18(19)22-6-5-17(30-22)14-28-12-15-9-20(21(29)10-16(15)13-28)27-23-11-25-7-8-26-23/h1-8,11,15-16,20-21,29H,9-10,12-14H2,(H,26,27)/t15-,16+,20-,21-/m1/s1. The maximum Gasteiger partial charge on any atom is 0.144 e. The van der Waals surface area contributed by atoms with E-state index in [1.807, 2.05) is 18.2 Å². The third kappa shape index (κ3) is 3.95. The Morgan fingerprint density at radius 3 is 2.73 bits per heavy atom. The molecular weight excluding hydrogens is 383 g/mol. The number of furan rings is 1. The number of nitrogens with zero attached hydrogens (tertiary/aromatic N) is 3. The number of likely N-dealkylation sites (tertiary alicyclic amines) is 1. The summed E-state index contributed by atoms with van der Waals surface area (Å²) in [7, 11) is 0. The molecule has 6 nitrogen and oxygen atoms in total. The average molecular weight is 408 g/mol. The number of fused-ring (bicyclic) bond motifs is 1. The summed E-state index contributed by atoms with van der Waals surface area (Å²) in [5.41, 5.74) is 0.486. The first kappa shape index (κ1) is 19.2. The molecule has 4 atom stereocenters. The molecule has 7 heteroatoms. The highest BCUT2D eigenvalue weighted by molar-refractivity contribution is 5.58. The predicted molar refractivity (Wildman–Crippen MR) is 111 cm³/mol. The average Bonchev–Trinajstić information content (AvgIpc) is 3.36. The van der Waals surface area contributed by atoms with Crippen LogP contribution < -0.4 is 5.32 Å². The minimum Gasteiger partial charge on any atom is -0.460 e. The smallest absolute Gasteiger partial charge is 0.144 e. The number of aliphatic hydroxyl groups excluding tert-OH is 1. The summed E-state index contributed by atoms with van der Waals surface area (Å²) in [4.78, 5) is 10.7. The quantitative estimate of drug-likeness (QED) is 0.673. The SMILES string of the molecule is O[C@@H]1C[C@H]2CN(Cc3ccc(-c4ccccc4F)o3)C[C@H]2C[C@H]1Nc1cnccn1. The first-order valence-corrected chi connectivity index (χ1v) is 10.4. The highest BCUT2D eigenvalue weighted by Crippen LogP contribution is 2.38. The number of anilines is 1. The summed E-state index contributed by atoms with van der Waals surface area (Å²) in [6.07, 6.45) is 6.25. The van der Waals surface area contributed by atoms with Crippen molar-refractivity contribution in [3.8, 4) is 11.3 Å². The van der Waals surface area contributed by atoms with Crippen molar-refractivity contribution in [2.45, 2.75) is 31.5 Å². The molecule has 0 bridgehead atoms. The second-order valence-corrected chi connectivity index (χ2v) is 8.34. The molecule has 5 rings (SSSR count). The van der Waals surface area contributed by atoms with Crippen molar-refractivity contribution in [3.63, 3.8) is 0 Å². The Morgan fingerprint density at radius 2 is 1.93 bits per heavy atom. The second kappa shape index (κ2) is 8.16. The molecule has 1 saturated heterocycles. The fraction of sp³-hybridized carbons (Fsp3) is 0.391. The molecule has 0 spiro atoms. The zero-order valence-electron chi connectivity index (χ0n) is 16.6. The van der Waals surface area contributed by atoms with Gasteiger partial charge in [-0.05, 0) is 48.9 Å². The van der Waals surface area contributed by atoms with Crippen molar-refractivity contribution < 1.29 is 13.9 Å². The van der Waals surface area contributed by atoms with Crippen LogP contribution in [-0.2, 0) is 6.54 Å². The van der Waals surface area contributed by atoms with Crippen LogP contribution in [-0.4, -0.2) is 45.2 Å². The highest BCUT2D eigenvalue weighted by Gasteiger charge is 2.41. The normalized spacial score (nSPS) is 26.5. The van der Waals surface area contributed by atoms with Crippen LogP contribution in [0, 0.1) is 17.7 Å². The minimum atomic E-state index is -0.399. The Bertz CT molecular complexity index is 996. The number of rotatable bonds is 5. The fourth-order valence-corrected chi connectivity index (χ4v) is 4.86. The lowest BCUT2D eigenvalue weighted by atomic mass is 9.77. The van der Waals surface area contributed by atoms with Gasteiger partial charge in [-0.3, -0.25) is 9.88 Å². The van der Waals surface area contributed by atoms with Gasteiger partial charge in [0.2, 0.25) is 0 Å². The number of aliphatic hydroxyl groups is 1. The van der Waals surface area contributed by atoms with Crippen LogP contribution in [0.4, 0.5) is 10.2 Å². The van der Waals surface area contributed by atoms with E-state index in [0.717, 1.165) is 31.7 Å². The van der Waals surface area contributed by atoms with Gasteiger partial charge in [-0.25, -0.2) is 9.37 Å². The summed E-state index contributed by atoms with van der Waals surface area (Å²) in [6.45, 7) is 2.60. The molecule has 2 aliphatic rings. The van der Waals surface area contributed by atoms with Gasteiger partial charge >= 0.3 is 0 Å². The molecule has 2 aromatic heterocycles. The van der Waals surface area contributed by atoms with Crippen molar-refractivity contribution in [2.24, 2.45) is 11.8 Å². The predicted octanol–water partition coefficient (Wildman–Crippen LogP) is 3.56. The van der Waals surface area contributed by atoms with Crippen molar-refractivity contribution in [3.05, 3.63) is 66.6 Å². The van der Waals surface area contributed by atoms with Crippen LogP contribution in [0.3, 0.4) is 0 Å². The number of hydrogen-bond donors (Lipinski definition) is 2. The molecule has 3 heterocycles. The lowest BCUT2D eigenvalue weighted by Crippen LogP contribution is -2.43. The van der Waals surface area contributed by atoms with E-state index in [2.05, 4.69) is 20.2 Å². The zero-order chi connectivity index (χ0) is 20.5. The Hall–Kier alpha value is -2.77. The van der Waals surface area contributed by atoms with Crippen LogP contribution in [0.25, 0.3) is 11.3 Å². The van der Waals surface area contributed by atoms with Gasteiger partial charge in [0.05, 0.1) is 30.5 Å². The monoisotopic (exact) mass is 408 g/mol. The van der Waals surface area contributed by atoms with E-state index in [1.54, 1.807) is 30.7 Å². The van der Waals surface area contributed by atoms with Crippen molar-refractivity contribution in [1.29, 1.82) is 0 Å². The maximum atomic E-state index is 14.0. The van der Waals surface area contributed by atoms with Gasteiger partial charge in [-0.1, -0.05) is 12.1 Å². The fourth-order valence-electron chi connectivity index (χ4n) is 4.86. The number of nitrogens with one attached hydrogen (secondary N) is 1. The first-order valence-electron chi connectivity index (χ1n) is 10.4. The second-order valence-electron chi connectivity index (χ2n) is 8.34. The van der Waals surface area contributed by atoms with E-state index in [1.165, 1.54) is 6.07 Å². The molecule has 1 aliphatic carbocycles. The maximum absolute atomic E-state index is 14.0. The molecular formula is C23H25FN4O2. The number of hydrogen-bond acceptors (Lipinski definition) is 6.